The van der Waals surface area contributed by atoms with Crippen LogP contribution in [0.2, 0.25) is 0 Å². The number of rotatable bonds is 3. The third kappa shape index (κ3) is 3.70. The van der Waals surface area contributed by atoms with Gasteiger partial charge < -0.3 is 4.90 Å². The zero-order valence-electron chi connectivity index (χ0n) is 11.5. The van der Waals surface area contributed by atoms with Crippen LogP contribution in [0.3, 0.4) is 0 Å². The fourth-order valence-electron chi connectivity index (χ4n) is 2.44. The highest BCUT2D eigenvalue weighted by molar-refractivity contribution is 9.11. The van der Waals surface area contributed by atoms with E-state index in [2.05, 4.69) is 37.9 Å². The SMILES string of the molecule is O=C(c1cccnc1)N1CCN(Cc2ccc(Br)s2)CC1. The van der Waals surface area contributed by atoms with Gasteiger partial charge in [-0.05, 0) is 40.2 Å². The first-order valence-electron chi connectivity index (χ1n) is 6.88. The first-order chi connectivity index (χ1) is 10.2. The lowest BCUT2D eigenvalue weighted by Gasteiger charge is -2.34. The summed E-state index contributed by atoms with van der Waals surface area (Å²) in [7, 11) is 0. The van der Waals surface area contributed by atoms with Crippen molar-refractivity contribution in [3.8, 4) is 0 Å². The molecule has 3 heterocycles. The number of pyridine rings is 1. The molecule has 1 aliphatic rings. The number of thiophene rings is 1. The van der Waals surface area contributed by atoms with Crippen molar-refractivity contribution in [2.24, 2.45) is 0 Å². The van der Waals surface area contributed by atoms with Crippen molar-refractivity contribution in [3.05, 3.63) is 50.9 Å². The largest absolute Gasteiger partial charge is 0.336 e. The predicted octanol–water partition coefficient (Wildman–Crippen LogP) is 2.86. The van der Waals surface area contributed by atoms with Crippen molar-refractivity contribution >= 4 is 33.2 Å². The van der Waals surface area contributed by atoms with Crippen LogP contribution in [0, 0.1) is 0 Å². The van der Waals surface area contributed by atoms with Gasteiger partial charge in [0.05, 0.1) is 9.35 Å². The summed E-state index contributed by atoms with van der Waals surface area (Å²) in [5.74, 6) is 0.0848. The predicted molar refractivity (Wildman–Crippen MR) is 87.4 cm³/mol. The molecular weight excluding hydrogens is 350 g/mol. The molecule has 0 aliphatic carbocycles. The fraction of sp³-hybridized carbons (Fsp3) is 0.333. The molecule has 0 atom stereocenters. The molecule has 1 fully saturated rings. The van der Waals surface area contributed by atoms with Crippen LogP contribution in [0.4, 0.5) is 0 Å². The molecule has 110 valence electrons. The van der Waals surface area contributed by atoms with Gasteiger partial charge in [0.15, 0.2) is 0 Å². The van der Waals surface area contributed by atoms with Gasteiger partial charge in [-0.1, -0.05) is 0 Å². The number of aromatic nitrogens is 1. The van der Waals surface area contributed by atoms with E-state index in [1.807, 2.05) is 11.0 Å². The van der Waals surface area contributed by atoms with E-state index in [4.69, 9.17) is 0 Å². The molecule has 1 saturated heterocycles. The van der Waals surface area contributed by atoms with Crippen molar-refractivity contribution in [2.45, 2.75) is 6.54 Å². The minimum Gasteiger partial charge on any atom is -0.336 e. The van der Waals surface area contributed by atoms with Gasteiger partial charge in [-0.3, -0.25) is 14.7 Å². The second-order valence-corrected chi connectivity index (χ2v) is 7.56. The minimum absolute atomic E-state index is 0.0848. The van der Waals surface area contributed by atoms with E-state index in [9.17, 15) is 4.79 Å². The van der Waals surface area contributed by atoms with Crippen molar-refractivity contribution in [1.82, 2.24) is 14.8 Å². The highest BCUT2D eigenvalue weighted by Crippen LogP contribution is 2.23. The van der Waals surface area contributed by atoms with E-state index in [-0.39, 0.29) is 5.91 Å². The molecular formula is C15H16BrN3OS. The molecule has 1 aliphatic heterocycles. The fourth-order valence-corrected chi connectivity index (χ4v) is 3.96. The number of piperazine rings is 1. The molecule has 4 nitrogen and oxygen atoms in total. The van der Waals surface area contributed by atoms with E-state index >= 15 is 0 Å². The lowest BCUT2D eigenvalue weighted by atomic mass is 10.2. The Bertz CT molecular complexity index is 608. The summed E-state index contributed by atoms with van der Waals surface area (Å²) in [6.45, 7) is 4.36. The molecule has 21 heavy (non-hydrogen) atoms. The second-order valence-electron chi connectivity index (χ2n) is 5.02. The van der Waals surface area contributed by atoms with Gasteiger partial charge >= 0.3 is 0 Å². The van der Waals surface area contributed by atoms with Gasteiger partial charge in [-0.15, -0.1) is 11.3 Å². The third-order valence-electron chi connectivity index (χ3n) is 3.58. The number of hydrogen-bond acceptors (Lipinski definition) is 4. The molecule has 0 unspecified atom stereocenters. The maximum absolute atomic E-state index is 12.3. The van der Waals surface area contributed by atoms with Gasteiger partial charge in [0.25, 0.3) is 5.91 Å². The number of nitrogens with zero attached hydrogens (tertiary/aromatic N) is 3. The summed E-state index contributed by atoms with van der Waals surface area (Å²) in [5, 5.41) is 0. The normalized spacial score (nSPS) is 16.1. The summed E-state index contributed by atoms with van der Waals surface area (Å²) >= 11 is 5.26. The first-order valence-corrected chi connectivity index (χ1v) is 8.49. The van der Waals surface area contributed by atoms with Gasteiger partial charge in [-0.25, -0.2) is 0 Å². The maximum atomic E-state index is 12.3. The zero-order chi connectivity index (χ0) is 14.7. The van der Waals surface area contributed by atoms with Crippen LogP contribution in [-0.4, -0.2) is 46.9 Å². The summed E-state index contributed by atoms with van der Waals surface area (Å²) in [4.78, 5) is 22.0. The van der Waals surface area contributed by atoms with Crippen molar-refractivity contribution in [2.75, 3.05) is 26.2 Å². The quantitative estimate of drug-likeness (QED) is 0.838. The number of hydrogen-bond donors (Lipinski definition) is 0. The van der Waals surface area contributed by atoms with E-state index in [1.165, 1.54) is 8.66 Å². The molecule has 2 aromatic rings. The topological polar surface area (TPSA) is 36.4 Å². The Morgan fingerprint density at radius 2 is 2.05 bits per heavy atom. The number of halogens is 1. The third-order valence-corrected chi connectivity index (χ3v) is 5.18. The second kappa shape index (κ2) is 6.68. The Morgan fingerprint density at radius 1 is 1.24 bits per heavy atom. The standard InChI is InChI=1S/C15H16BrN3OS/c16-14-4-3-13(21-14)11-18-6-8-19(9-7-18)15(20)12-2-1-5-17-10-12/h1-5,10H,6-9,11H2. The van der Waals surface area contributed by atoms with Gasteiger partial charge in [-0.2, -0.15) is 0 Å². The smallest absolute Gasteiger partial charge is 0.255 e. The van der Waals surface area contributed by atoms with E-state index < -0.39 is 0 Å². The number of amides is 1. The molecule has 0 spiro atoms. The molecule has 3 rings (SSSR count). The summed E-state index contributed by atoms with van der Waals surface area (Å²) < 4.78 is 1.17. The van der Waals surface area contributed by atoms with E-state index in [1.54, 1.807) is 29.8 Å². The van der Waals surface area contributed by atoms with Crippen LogP contribution in [0.15, 0.2) is 40.4 Å². The highest BCUT2D eigenvalue weighted by Gasteiger charge is 2.22. The Morgan fingerprint density at radius 3 is 2.67 bits per heavy atom. The Balaban J connectivity index is 1.54. The Labute approximate surface area is 136 Å². The number of carbonyl (C=O) groups excluding carboxylic acids is 1. The lowest BCUT2D eigenvalue weighted by molar-refractivity contribution is 0.0629. The minimum atomic E-state index is 0.0848. The van der Waals surface area contributed by atoms with E-state index in [0.29, 0.717) is 5.56 Å². The summed E-state index contributed by atoms with van der Waals surface area (Å²) in [6, 6.07) is 7.87. The maximum Gasteiger partial charge on any atom is 0.255 e. The van der Waals surface area contributed by atoms with Gasteiger partial charge in [0.2, 0.25) is 0 Å². The molecule has 6 heteroatoms. The lowest BCUT2D eigenvalue weighted by Crippen LogP contribution is -2.48. The summed E-state index contributed by atoms with van der Waals surface area (Å²) in [6.07, 6.45) is 3.33. The highest BCUT2D eigenvalue weighted by atomic mass is 79.9. The number of carbonyl (C=O) groups is 1. The molecule has 0 radical (unpaired) electrons. The van der Waals surface area contributed by atoms with Crippen LogP contribution >= 0.6 is 27.3 Å². The molecule has 2 aromatic heterocycles. The molecule has 0 N–H and O–H groups in total. The monoisotopic (exact) mass is 365 g/mol. The average Bonchev–Trinajstić information content (AvgIpc) is 2.93. The van der Waals surface area contributed by atoms with Crippen LogP contribution in [0.5, 0.6) is 0 Å². The molecule has 0 bridgehead atoms. The van der Waals surface area contributed by atoms with Crippen LogP contribution in [-0.2, 0) is 6.54 Å². The molecule has 0 aromatic carbocycles. The van der Waals surface area contributed by atoms with Crippen LogP contribution in [0.1, 0.15) is 15.2 Å². The van der Waals surface area contributed by atoms with Crippen molar-refractivity contribution in [1.29, 1.82) is 0 Å². The van der Waals surface area contributed by atoms with E-state index in [0.717, 1.165) is 32.7 Å². The average molecular weight is 366 g/mol. The molecule has 0 saturated carbocycles. The molecule has 1 amide bonds. The zero-order valence-corrected chi connectivity index (χ0v) is 13.9. The van der Waals surface area contributed by atoms with Crippen LogP contribution < -0.4 is 0 Å². The Hall–Kier alpha value is -1.24. The van der Waals surface area contributed by atoms with Crippen LogP contribution in [0.25, 0.3) is 0 Å². The van der Waals surface area contributed by atoms with Crippen molar-refractivity contribution in [3.63, 3.8) is 0 Å². The first kappa shape index (κ1) is 14.7. The Kier molecular flexibility index (Phi) is 4.67. The van der Waals surface area contributed by atoms with Gasteiger partial charge in [0, 0.05) is 50.0 Å². The summed E-state index contributed by atoms with van der Waals surface area (Å²) in [5.41, 5.74) is 0.674. The van der Waals surface area contributed by atoms with Crippen molar-refractivity contribution < 1.29 is 4.79 Å². The van der Waals surface area contributed by atoms with Gasteiger partial charge in [0.1, 0.15) is 0 Å².